The molecule has 2 heterocycles. The van der Waals surface area contributed by atoms with Crippen molar-refractivity contribution in [2.45, 2.75) is 37.7 Å². The number of nitrogens with zero attached hydrogens (tertiary/aromatic N) is 3. The van der Waals surface area contributed by atoms with Crippen LogP contribution in [0.3, 0.4) is 0 Å². The third kappa shape index (κ3) is 2.20. The summed E-state index contributed by atoms with van der Waals surface area (Å²) >= 11 is 0. The zero-order valence-corrected chi connectivity index (χ0v) is 11.1. The Kier molecular flexibility index (Phi) is 3.22. The van der Waals surface area contributed by atoms with Gasteiger partial charge in [0.15, 0.2) is 11.2 Å². The van der Waals surface area contributed by atoms with E-state index in [4.69, 9.17) is 4.74 Å². The van der Waals surface area contributed by atoms with Gasteiger partial charge in [-0.25, -0.2) is 9.97 Å². The maximum atomic E-state index is 11.6. The summed E-state index contributed by atoms with van der Waals surface area (Å²) in [6.07, 6.45) is -0.316. The molecule has 0 saturated heterocycles. The van der Waals surface area contributed by atoms with Crippen LogP contribution in [0.15, 0.2) is 17.4 Å². The van der Waals surface area contributed by atoms with Crippen LogP contribution in [0.25, 0.3) is 11.2 Å². The number of H-pyrrole nitrogens is 1. The van der Waals surface area contributed by atoms with Crippen molar-refractivity contribution in [2.75, 3.05) is 0 Å². The largest absolute Gasteiger partial charge is 0.460 e. The quantitative estimate of drug-likeness (QED) is 0.588. The van der Waals surface area contributed by atoms with Gasteiger partial charge in [0.25, 0.3) is 5.56 Å². The summed E-state index contributed by atoms with van der Waals surface area (Å²) < 4.78 is 6.50. The zero-order valence-electron chi connectivity index (χ0n) is 11.1. The number of aromatic nitrogens is 4. The Morgan fingerprint density at radius 2 is 2.19 bits per heavy atom. The first-order chi connectivity index (χ1) is 9.99. The fourth-order valence-electron chi connectivity index (χ4n) is 2.68. The Balaban J connectivity index is 1.98. The van der Waals surface area contributed by atoms with E-state index >= 15 is 0 Å². The van der Waals surface area contributed by atoms with Crippen LogP contribution in [0.4, 0.5) is 0 Å². The highest BCUT2D eigenvalue weighted by molar-refractivity contribution is 5.69. The Hall–Kier alpha value is -2.26. The van der Waals surface area contributed by atoms with Gasteiger partial charge in [-0.2, -0.15) is 0 Å². The normalized spacial score (nSPS) is 28.9. The number of hydrogen-bond acceptors (Lipinski definition) is 7. The number of esters is 1. The summed E-state index contributed by atoms with van der Waals surface area (Å²) in [4.78, 5) is 33.0. The number of carbonyl (C=O) groups excluding carboxylic acids is 1. The summed E-state index contributed by atoms with van der Waals surface area (Å²) in [6, 6.07) is -0.580. The molecular weight excluding hydrogens is 280 g/mol. The Morgan fingerprint density at radius 3 is 2.90 bits per heavy atom. The molecule has 0 aromatic carbocycles. The van der Waals surface area contributed by atoms with E-state index in [-0.39, 0.29) is 17.5 Å². The van der Waals surface area contributed by atoms with Crippen molar-refractivity contribution >= 4 is 17.1 Å². The predicted octanol–water partition coefficient (Wildman–Crippen LogP) is -1.28. The number of imidazole rings is 1. The van der Waals surface area contributed by atoms with Crippen LogP contribution in [0, 0.1) is 0 Å². The molecule has 112 valence electrons. The molecule has 3 N–H and O–H groups in total. The number of aliphatic hydroxyl groups excluding tert-OH is 2. The highest BCUT2D eigenvalue weighted by Gasteiger charge is 2.44. The molecule has 4 atom stereocenters. The van der Waals surface area contributed by atoms with E-state index in [1.807, 2.05) is 0 Å². The molecule has 2 aromatic heterocycles. The van der Waals surface area contributed by atoms with Gasteiger partial charge in [-0.05, 0) is 0 Å². The number of rotatable bonds is 2. The molecule has 0 aliphatic heterocycles. The topological polar surface area (TPSA) is 130 Å². The second-order valence-electron chi connectivity index (χ2n) is 4.99. The zero-order chi connectivity index (χ0) is 15.1. The fraction of sp³-hybridized carbons (Fsp3) is 0.500. The van der Waals surface area contributed by atoms with E-state index in [1.165, 1.54) is 24.1 Å². The SMILES string of the molecule is CC(=O)OC1CC(n2cnc3c(=O)[nH]cnc32)C(O)C1O. The lowest BCUT2D eigenvalue weighted by molar-refractivity contribution is -0.152. The van der Waals surface area contributed by atoms with Crippen molar-refractivity contribution in [1.29, 1.82) is 0 Å². The van der Waals surface area contributed by atoms with Crippen LogP contribution in [0.5, 0.6) is 0 Å². The van der Waals surface area contributed by atoms with Crippen LogP contribution in [0.1, 0.15) is 19.4 Å². The van der Waals surface area contributed by atoms with E-state index in [2.05, 4.69) is 15.0 Å². The van der Waals surface area contributed by atoms with Crippen molar-refractivity contribution in [3.05, 3.63) is 23.0 Å². The molecule has 3 rings (SSSR count). The molecule has 0 spiro atoms. The smallest absolute Gasteiger partial charge is 0.302 e. The standard InChI is InChI=1S/C12H14N4O5/c1-5(17)21-7-2-6(9(18)10(7)19)16-4-15-8-11(16)13-3-14-12(8)20/h3-4,6-7,9-10,18-19H,2H2,1H3,(H,13,14,20). The van der Waals surface area contributed by atoms with Gasteiger partial charge >= 0.3 is 5.97 Å². The van der Waals surface area contributed by atoms with Gasteiger partial charge < -0.3 is 24.5 Å². The van der Waals surface area contributed by atoms with E-state index in [0.717, 1.165) is 0 Å². The van der Waals surface area contributed by atoms with Crippen LogP contribution >= 0.6 is 0 Å². The number of nitrogens with one attached hydrogen (secondary N) is 1. The molecule has 0 amide bonds. The van der Waals surface area contributed by atoms with Crippen molar-refractivity contribution in [3.8, 4) is 0 Å². The maximum absolute atomic E-state index is 11.6. The van der Waals surface area contributed by atoms with E-state index in [1.54, 1.807) is 0 Å². The monoisotopic (exact) mass is 294 g/mol. The molecule has 1 aliphatic carbocycles. The van der Waals surface area contributed by atoms with Crippen LogP contribution < -0.4 is 5.56 Å². The Morgan fingerprint density at radius 1 is 1.43 bits per heavy atom. The van der Waals surface area contributed by atoms with Gasteiger partial charge in [0.05, 0.1) is 18.7 Å². The number of ether oxygens (including phenoxy) is 1. The van der Waals surface area contributed by atoms with Crippen LogP contribution in [-0.2, 0) is 9.53 Å². The summed E-state index contributed by atoms with van der Waals surface area (Å²) in [6.45, 7) is 1.24. The molecular formula is C12H14N4O5. The minimum absolute atomic E-state index is 0.148. The predicted molar refractivity (Wildman–Crippen MR) is 69.4 cm³/mol. The van der Waals surface area contributed by atoms with E-state index in [0.29, 0.717) is 5.65 Å². The van der Waals surface area contributed by atoms with Gasteiger partial charge in [0.2, 0.25) is 0 Å². The molecule has 0 radical (unpaired) electrons. The molecule has 9 heteroatoms. The molecule has 1 aliphatic rings. The summed E-state index contributed by atoms with van der Waals surface area (Å²) in [5, 5.41) is 20.1. The summed E-state index contributed by atoms with van der Waals surface area (Å²) in [5.74, 6) is -0.531. The number of fused-ring (bicyclic) bond motifs is 1. The summed E-state index contributed by atoms with van der Waals surface area (Å²) in [5.41, 5.74) is 0.0666. The minimum atomic E-state index is -1.20. The lowest BCUT2D eigenvalue weighted by Gasteiger charge is -2.17. The molecule has 0 bridgehead atoms. The molecule has 1 saturated carbocycles. The fourth-order valence-corrected chi connectivity index (χ4v) is 2.68. The van der Waals surface area contributed by atoms with Gasteiger partial charge in [0.1, 0.15) is 18.3 Å². The van der Waals surface area contributed by atoms with Crippen molar-refractivity contribution < 1.29 is 19.7 Å². The number of hydrogen-bond donors (Lipinski definition) is 3. The average molecular weight is 294 g/mol. The van der Waals surface area contributed by atoms with Crippen molar-refractivity contribution in [2.24, 2.45) is 0 Å². The second-order valence-corrected chi connectivity index (χ2v) is 4.99. The molecule has 4 unspecified atom stereocenters. The summed E-state index contributed by atoms with van der Waals surface area (Å²) in [7, 11) is 0. The Labute approximate surface area is 118 Å². The van der Waals surface area contributed by atoms with Crippen molar-refractivity contribution in [3.63, 3.8) is 0 Å². The second kappa shape index (κ2) is 4.93. The maximum Gasteiger partial charge on any atom is 0.302 e. The van der Waals surface area contributed by atoms with Gasteiger partial charge in [0, 0.05) is 13.3 Å². The molecule has 9 nitrogen and oxygen atoms in total. The first-order valence-electron chi connectivity index (χ1n) is 6.42. The first-order valence-corrected chi connectivity index (χ1v) is 6.42. The van der Waals surface area contributed by atoms with Gasteiger partial charge in [-0.3, -0.25) is 9.59 Å². The third-order valence-corrected chi connectivity index (χ3v) is 3.64. The lowest BCUT2D eigenvalue weighted by Crippen LogP contribution is -2.33. The lowest BCUT2D eigenvalue weighted by atomic mass is 10.2. The number of carbonyl (C=O) groups is 1. The minimum Gasteiger partial charge on any atom is -0.460 e. The van der Waals surface area contributed by atoms with Crippen LogP contribution in [0.2, 0.25) is 0 Å². The van der Waals surface area contributed by atoms with Gasteiger partial charge in [-0.15, -0.1) is 0 Å². The third-order valence-electron chi connectivity index (χ3n) is 3.64. The highest BCUT2D eigenvalue weighted by atomic mass is 16.6. The van der Waals surface area contributed by atoms with Crippen molar-refractivity contribution in [1.82, 2.24) is 19.5 Å². The highest BCUT2D eigenvalue weighted by Crippen LogP contribution is 2.34. The molecule has 2 aromatic rings. The average Bonchev–Trinajstić information content (AvgIpc) is 2.96. The molecule has 21 heavy (non-hydrogen) atoms. The van der Waals surface area contributed by atoms with Gasteiger partial charge in [-0.1, -0.05) is 0 Å². The Bertz CT molecular complexity index is 739. The number of aliphatic hydroxyl groups is 2. The first kappa shape index (κ1) is 13.7. The van der Waals surface area contributed by atoms with Crippen LogP contribution in [-0.4, -0.2) is 54.0 Å². The van der Waals surface area contributed by atoms with E-state index < -0.39 is 30.3 Å². The number of aromatic amines is 1. The van der Waals surface area contributed by atoms with E-state index in [9.17, 15) is 19.8 Å². The molecule has 1 fully saturated rings.